The van der Waals surface area contributed by atoms with Gasteiger partial charge in [0.25, 0.3) is 0 Å². The molecular formula is C20H21N. The van der Waals surface area contributed by atoms with Crippen LogP contribution in [0, 0.1) is 6.92 Å². The number of benzene rings is 3. The molecule has 0 aliphatic rings. The average molecular weight is 275 g/mol. The quantitative estimate of drug-likeness (QED) is 0.675. The smallest absolute Gasteiger partial charge is 0.0340 e. The van der Waals surface area contributed by atoms with Gasteiger partial charge in [0.15, 0.2) is 0 Å². The summed E-state index contributed by atoms with van der Waals surface area (Å²) in [5.41, 5.74) is 3.87. The van der Waals surface area contributed by atoms with E-state index in [1.165, 1.54) is 27.6 Å². The van der Waals surface area contributed by atoms with Crippen LogP contribution in [0.4, 0.5) is 5.69 Å². The second-order valence-electron chi connectivity index (χ2n) is 5.75. The van der Waals surface area contributed by atoms with Crippen molar-refractivity contribution in [1.29, 1.82) is 0 Å². The lowest BCUT2D eigenvalue weighted by molar-refractivity contribution is 0.806. The zero-order valence-corrected chi connectivity index (χ0v) is 12.6. The van der Waals surface area contributed by atoms with E-state index in [2.05, 4.69) is 85.9 Å². The molecular weight excluding hydrogens is 254 g/mol. The summed E-state index contributed by atoms with van der Waals surface area (Å²) in [6.07, 6.45) is 0. The second-order valence-corrected chi connectivity index (χ2v) is 5.75. The molecule has 0 heterocycles. The van der Waals surface area contributed by atoms with E-state index in [4.69, 9.17) is 0 Å². The highest BCUT2D eigenvalue weighted by molar-refractivity contribution is 5.83. The summed E-state index contributed by atoms with van der Waals surface area (Å²) in [4.78, 5) is 0. The van der Waals surface area contributed by atoms with Gasteiger partial charge in [-0.3, -0.25) is 0 Å². The van der Waals surface area contributed by atoms with Crippen molar-refractivity contribution in [3.8, 4) is 0 Å². The topological polar surface area (TPSA) is 12.0 Å². The predicted octanol–water partition coefficient (Wildman–Crippen LogP) is 5.36. The van der Waals surface area contributed by atoms with Gasteiger partial charge < -0.3 is 5.32 Å². The van der Waals surface area contributed by atoms with Crippen molar-refractivity contribution >= 4 is 16.5 Å². The van der Waals surface area contributed by atoms with Crippen molar-refractivity contribution in [2.45, 2.75) is 19.8 Å². The highest BCUT2D eigenvalue weighted by atomic mass is 14.9. The van der Waals surface area contributed by atoms with Crippen molar-refractivity contribution in [1.82, 2.24) is 0 Å². The maximum absolute atomic E-state index is 3.52. The van der Waals surface area contributed by atoms with E-state index < -0.39 is 0 Å². The molecule has 0 fully saturated rings. The maximum Gasteiger partial charge on any atom is 0.0340 e. The average Bonchev–Trinajstić information content (AvgIpc) is 2.53. The molecule has 3 aromatic rings. The molecule has 1 N–H and O–H groups in total. The summed E-state index contributed by atoms with van der Waals surface area (Å²) in [5.74, 6) is 0.482. The molecule has 3 aromatic carbocycles. The molecule has 0 saturated carbocycles. The van der Waals surface area contributed by atoms with Crippen LogP contribution < -0.4 is 5.32 Å². The van der Waals surface area contributed by atoms with E-state index in [-0.39, 0.29) is 0 Å². The van der Waals surface area contributed by atoms with Gasteiger partial charge in [-0.05, 0) is 41.3 Å². The number of anilines is 1. The third-order valence-electron chi connectivity index (χ3n) is 4.01. The van der Waals surface area contributed by atoms with Crippen molar-refractivity contribution < 1.29 is 0 Å². The summed E-state index contributed by atoms with van der Waals surface area (Å²) in [6, 6.07) is 23.9. The van der Waals surface area contributed by atoms with Gasteiger partial charge in [0.2, 0.25) is 0 Å². The minimum absolute atomic E-state index is 0.482. The van der Waals surface area contributed by atoms with Crippen LogP contribution in [-0.2, 0) is 0 Å². The first-order chi connectivity index (χ1) is 10.2. The van der Waals surface area contributed by atoms with Gasteiger partial charge in [0.05, 0.1) is 0 Å². The first-order valence-corrected chi connectivity index (χ1v) is 7.51. The number of fused-ring (bicyclic) bond motifs is 1. The molecule has 0 aromatic heterocycles. The zero-order valence-electron chi connectivity index (χ0n) is 12.6. The number of hydrogen-bond donors (Lipinski definition) is 1. The number of aryl methyl sites for hydroxylation is 1. The molecule has 1 atom stereocenters. The monoisotopic (exact) mass is 275 g/mol. The molecule has 1 unspecified atom stereocenters. The van der Waals surface area contributed by atoms with Crippen LogP contribution in [0.1, 0.15) is 24.0 Å². The van der Waals surface area contributed by atoms with Crippen LogP contribution in [0.25, 0.3) is 10.8 Å². The van der Waals surface area contributed by atoms with Crippen molar-refractivity contribution in [2.24, 2.45) is 0 Å². The molecule has 0 aliphatic heterocycles. The number of hydrogen-bond acceptors (Lipinski definition) is 1. The molecule has 0 amide bonds. The summed E-state index contributed by atoms with van der Waals surface area (Å²) < 4.78 is 0. The molecule has 106 valence electrons. The Morgan fingerprint density at radius 1 is 0.857 bits per heavy atom. The number of rotatable bonds is 4. The SMILES string of the molecule is Cc1ccc(NCC(C)c2ccc3ccccc3c2)cc1. The minimum Gasteiger partial charge on any atom is -0.384 e. The van der Waals surface area contributed by atoms with Crippen molar-refractivity contribution in [3.05, 3.63) is 77.9 Å². The van der Waals surface area contributed by atoms with Gasteiger partial charge >= 0.3 is 0 Å². The third-order valence-corrected chi connectivity index (χ3v) is 4.01. The Bertz CT molecular complexity index is 728. The van der Waals surface area contributed by atoms with Crippen molar-refractivity contribution in [3.63, 3.8) is 0 Å². The molecule has 0 aliphatic carbocycles. The Morgan fingerprint density at radius 2 is 1.57 bits per heavy atom. The van der Waals surface area contributed by atoms with E-state index in [1.807, 2.05) is 0 Å². The molecule has 0 spiro atoms. The molecule has 1 nitrogen and oxygen atoms in total. The fourth-order valence-electron chi connectivity index (χ4n) is 2.57. The third kappa shape index (κ3) is 3.25. The largest absolute Gasteiger partial charge is 0.384 e. The highest BCUT2D eigenvalue weighted by Crippen LogP contribution is 2.22. The highest BCUT2D eigenvalue weighted by Gasteiger charge is 2.06. The molecule has 0 radical (unpaired) electrons. The maximum atomic E-state index is 3.52. The van der Waals surface area contributed by atoms with Gasteiger partial charge in [-0.2, -0.15) is 0 Å². The molecule has 3 rings (SSSR count). The standard InChI is InChI=1S/C20H21N/c1-15-7-11-20(12-8-15)21-14-16(2)18-10-9-17-5-3-4-6-19(17)13-18/h3-13,16,21H,14H2,1-2H3. The Morgan fingerprint density at radius 3 is 2.33 bits per heavy atom. The van der Waals surface area contributed by atoms with Crippen LogP contribution in [0.3, 0.4) is 0 Å². The van der Waals surface area contributed by atoms with E-state index in [0.717, 1.165) is 6.54 Å². The summed E-state index contributed by atoms with van der Waals surface area (Å²) in [5, 5.41) is 6.14. The van der Waals surface area contributed by atoms with Crippen LogP contribution in [0.2, 0.25) is 0 Å². The predicted molar refractivity (Wildman–Crippen MR) is 92.0 cm³/mol. The van der Waals surface area contributed by atoms with Crippen LogP contribution >= 0.6 is 0 Å². The lowest BCUT2D eigenvalue weighted by Gasteiger charge is -2.15. The molecule has 1 heteroatoms. The van der Waals surface area contributed by atoms with Gasteiger partial charge in [0.1, 0.15) is 0 Å². The fraction of sp³-hybridized carbons (Fsp3) is 0.200. The Kier molecular flexibility index (Phi) is 3.92. The molecule has 0 bridgehead atoms. The lowest BCUT2D eigenvalue weighted by atomic mass is 9.97. The Hall–Kier alpha value is -2.28. The van der Waals surface area contributed by atoms with Gasteiger partial charge in [-0.1, -0.05) is 67.1 Å². The van der Waals surface area contributed by atoms with E-state index in [9.17, 15) is 0 Å². The zero-order chi connectivity index (χ0) is 14.7. The molecule has 0 saturated heterocycles. The van der Waals surface area contributed by atoms with Crippen LogP contribution in [-0.4, -0.2) is 6.54 Å². The minimum atomic E-state index is 0.482. The van der Waals surface area contributed by atoms with Crippen LogP contribution in [0.15, 0.2) is 66.7 Å². The first-order valence-electron chi connectivity index (χ1n) is 7.51. The second kappa shape index (κ2) is 6.01. The van der Waals surface area contributed by atoms with Gasteiger partial charge in [-0.15, -0.1) is 0 Å². The molecule has 21 heavy (non-hydrogen) atoms. The summed E-state index contributed by atoms with van der Waals surface area (Å²) in [7, 11) is 0. The lowest BCUT2D eigenvalue weighted by Crippen LogP contribution is -2.09. The summed E-state index contributed by atoms with van der Waals surface area (Å²) in [6.45, 7) is 5.33. The van der Waals surface area contributed by atoms with E-state index >= 15 is 0 Å². The van der Waals surface area contributed by atoms with Gasteiger partial charge in [-0.25, -0.2) is 0 Å². The first kappa shape index (κ1) is 13.7. The summed E-state index contributed by atoms with van der Waals surface area (Å²) >= 11 is 0. The Labute approximate surface area is 126 Å². The van der Waals surface area contributed by atoms with Crippen LogP contribution in [0.5, 0.6) is 0 Å². The fourth-order valence-corrected chi connectivity index (χ4v) is 2.57. The normalized spacial score (nSPS) is 12.3. The Balaban J connectivity index is 1.71. The van der Waals surface area contributed by atoms with Gasteiger partial charge in [0, 0.05) is 12.2 Å². The van der Waals surface area contributed by atoms with E-state index in [1.54, 1.807) is 0 Å². The van der Waals surface area contributed by atoms with Crippen molar-refractivity contribution in [2.75, 3.05) is 11.9 Å². The number of nitrogens with one attached hydrogen (secondary N) is 1. The van der Waals surface area contributed by atoms with E-state index in [0.29, 0.717) is 5.92 Å².